The number of esters is 2. The van der Waals surface area contributed by atoms with Gasteiger partial charge in [-0.25, -0.2) is 9.59 Å². The number of unbranched alkanes of at least 4 members (excludes halogenated alkanes) is 3. The first-order valence-electron chi connectivity index (χ1n) is 6.94. The molecule has 0 radical (unpaired) electrons. The molecule has 5 nitrogen and oxygen atoms in total. The molecule has 0 aromatic carbocycles. The second kappa shape index (κ2) is 24.4. The highest BCUT2D eigenvalue weighted by Gasteiger charge is 1.93. The van der Waals surface area contributed by atoms with Crippen LogP contribution < -0.4 is 0 Å². The van der Waals surface area contributed by atoms with Gasteiger partial charge in [0.2, 0.25) is 0 Å². The lowest BCUT2D eigenvalue weighted by Crippen LogP contribution is -2.04. The highest BCUT2D eigenvalue weighted by molar-refractivity contribution is 6.25. The van der Waals surface area contributed by atoms with Crippen LogP contribution in [0, 0.1) is 0 Å². The maximum Gasteiger partial charge on any atom is 0.330 e. The molecule has 0 bridgehead atoms. The zero-order valence-corrected chi connectivity index (χ0v) is 14.0. The van der Waals surface area contributed by atoms with Gasteiger partial charge in [0.15, 0.2) is 0 Å². The highest BCUT2D eigenvalue weighted by atomic mass is 35.5. The molecule has 0 saturated carbocycles. The fourth-order valence-corrected chi connectivity index (χ4v) is 0.966. The van der Waals surface area contributed by atoms with E-state index in [-0.39, 0.29) is 19.2 Å². The summed E-state index contributed by atoms with van der Waals surface area (Å²) in [6.07, 6.45) is 6.77. The second-order valence-electron chi connectivity index (χ2n) is 3.68. The summed E-state index contributed by atoms with van der Waals surface area (Å²) in [4.78, 5) is 20.6. The van der Waals surface area contributed by atoms with E-state index in [0.29, 0.717) is 6.61 Å². The first kappa shape index (κ1) is 25.4. The molecule has 0 aromatic heterocycles. The first-order valence-corrected chi connectivity index (χ1v) is 7.37. The van der Waals surface area contributed by atoms with Crippen LogP contribution in [0.25, 0.3) is 0 Å². The van der Waals surface area contributed by atoms with Crippen molar-refractivity contribution in [3.63, 3.8) is 0 Å². The normalized spacial score (nSPS) is 8.14. The summed E-state index contributed by atoms with van der Waals surface area (Å²) < 4.78 is 9.11. The Balaban J connectivity index is -0.000000288. The molecule has 6 heteroatoms. The summed E-state index contributed by atoms with van der Waals surface area (Å²) in [5.41, 5.74) is 1.22. The van der Waals surface area contributed by atoms with Crippen LogP contribution in [0.2, 0.25) is 0 Å². The third kappa shape index (κ3) is 31.0. The number of carbonyl (C=O) groups excluding carboxylic acids is 2. The molecular weight excluding hydrogens is 308 g/mol. The van der Waals surface area contributed by atoms with E-state index in [0.717, 1.165) is 18.9 Å². The standard InChI is InChI=1S/C9H16O2.C5H8O3.C2H3Cl/c1-3-5-6-7-8-11-9(10)4-2;1-2-5(7)8-4-3-6;1-2-3/h4H,2-3,5-8H2,1H3;2,6H,1,3-4H2;2H,1H2. The summed E-state index contributed by atoms with van der Waals surface area (Å²) in [6.45, 7) is 12.2. The summed E-state index contributed by atoms with van der Waals surface area (Å²) in [5, 5.41) is 8.10. The number of aliphatic hydroxyl groups excluding tert-OH is 1. The van der Waals surface area contributed by atoms with Gasteiger partial charge < -0.3 is 14.6 Å². The highest BCUT2D eigenvalue weighted by Crippen LogP contribution is 1.98. The van der Waals surface area contributed by atoms with Crippen molar-refractivity contribution in [2.75, 3.05) is 19.8 Å². The number of rotatable bonds is 9. The summed E-state index contributed by atoms with van der Waals surface area (Å²) >= 11 is 4.76. The number of halogens is 1. The number of hydrogen-bond acceptors (Lipinski definition) is 5. The Hall–Kier alpha value is -1.59. The quantitative estimate of drug-likeness (QED) is 0.397. The van der Waals surface area contributed by atoms with Crippen molar-refractivity contribution >= 4 is 23.5 Å². The Morgan fingerprint density at radius 1 is 1.00 bits per heavy atom. The molecule has 0 heterocycles. The van der Waals surface area contributed by atoms with Crippen molar-refractivity contribution in [3.8, 4) is 0 Å². The Bertz CT molecular complexity index is 303. The van der Waals surface area contributed by atoms with Crippen LogP contribution in [-0.4, -0.2) is 36.9 Å². The van der Waals surface area contributed by atoms with Crippen molar-refractivity contribution in [2.45, 2.75) is 32.6 Å². The molecule has 0 aromatic rings. The fourth-order valence-electron chi connectivity index (χ4n) is 0.966. The lowest BCUT2D eigenvalue weighted by molar-refractivity contribution is -0.139. The zero-order valence-electron chi connectivity index (χ0n) is 13.3. The maximum absolute atomic E-state index is 10.5. The molecule has 0 rings (SSSR count). The minimum Gasteiger partial charge on any atom is -0.463 e. The minimum atomic E-state index is -0.501. The Morgan fingerprint density at radius 3 is 1.82 bits per heavy atom. The van der Waals surface area contributed by atoms with Crippen LogP contribution in [0.4, 0.5) is 0 Å². The fraction of sp³-hybridized carbons (Fsp3) is 0.500. The molecule has 0 saturated heterocycles. The van der Waals surface area contributed by atoms with Gasteiger partial charge in [0.05, 0.1) is 13.2 Å². The lowest BCUT2D eigenvalue weighted by Gasteiger charge is -1.99. The van der Waals surface area contributed by atoms with Crippen LogP contribution in [0.1, 0.15) is 32.6 Å². The molecule has 0 spiro atoms. The average molecular weight is 335 g/mol. The van der Waals surface area contributed by atoms with E-state index in [1.54, 1.807) is 0 Å². The maximum atomic E-state index is 10.5. The molecule has 1 N–H and O–H groups in total. The molecule has 0 aliphatic carbocycles. The Kier molecular flexibility index (Phi) is 28.2. The summed E-state index contributed by atoms with van der Waals surface area (Å²) in [5.74, 6) is -0.819. The van der Waals surface area contributed by atoms with E-state index in [4.69, 9.17) is 21.4 Å². The molecule has 22 heavy (non-hydrogen) atoms. The van der Waals surface area contributed by atoms with Gasteiger partial charge in [-0.3, -0.25) is 0 Å². The zero-order chi connectivity index (χ0) is 17.6. The molecule has 0 unspecified atom stereocenters. The number of aliphatic hydroxyl groups is 1. The van der Waals surface area contributed by atoms with Crippen molar-refractivity contribution < 1.29 is 24.2 Å². The minimum absolute atomic E-state index is 0.0465. The third-order valence-electron chi connectivity index (χ3n) is 1.91. The van der Waals surface area contributed by atoms with Crippen molar-refractivity contribution in [3.05, 3.63) is 37.4 Å². The number of hydrogen-bond donors (Lipinski definition) is 1. The number of carbonyl (C=O) groups is 2. The van der Waals surface area contributed by atoms with Crippen LogP contribution >= 0.6 is 11.6 Å². The van der Waals surface area contributed by atoms with E-state index in [1.807, 2.05) is 0 Å². The first-order chi connectivity index (χ1) is 10.5. The number of ether oxygens (including phenoxy) is 2. The van der Waals surface area contributed by atoms with Gasteiger partial charge in [-0.15, -0.1) is 0 Å². The SMILES string of the molecule is C=CC(=O)OCCCCCC.C=CC(=O)OCCO.C=CCl. The van der Waals surface area contributed by atoms with Gasteiger partial charge in [0.25, 0.3) is 0 Å². The third-order valence-corrected chi connectivity index (χ3v) is 1.91. The summed E-state index contributed by atoms with van der Waals surface area (Å²) in [6, 6.07) is 0. The molecule has 0 fully saturated rings. The van der Waals surface area contributed by atoms with Gasteiger partial charge in [-0.1, -0.05) is 57.5 Å². The average Bonchev–Trinajstić information content (AvgIpc) is 2.53. The van der Waals surface area contributed by atoms with Crippen molar-refractivity contribution in [1.82, 2.24) is 0 Å². The Labute approximate surface area is 138 Å². The van der Waals surface area contributed by atoms with Crippen molar-refractivity contribution in [2.24, 2.45) is 0 Å². The predicted molar refractivity (Wildman–Crippen MR) is 89.6 cm³/mol. The molecule has 0 aliphatic heterocycles. The van der Waals surface area contributed by atoms with E-state index in [9.17, 15) is 9.59 Å². The van der Waals surface area contributed by atoms with Crippen LogP contribution in [0.15, 0.2) is 37.4 Å². The van der Waals surface area contributed by atoms with Crippen LogP contribution in [0.5, 0.6) is 0 Å². The van der Waals surface area contributed by atoms with Crippen molar-refractivity contribution in [1.29, 1.82) is 0 Å². The van der Waals surface area contributed by atoms with E-state index >= 15 is 0 Å². The van der Waals surface area contributed by atoms with Gasteiger partial charge in [0, 0.05) is 12.2 Å². The molecule has 0 amide bonds. The largest absolute Gasteiger partial charge is 0.463 e. The summed E-state index contributed by atoms with van der Waals surface area (Å²) in [7, 11) is 0. The Morgan fingerprint density at radius 2 is 1.45 bits per heavy atom. The molecule has 128 valence electrons. The lowest BCUT2D eigenvalue weighted by atomic mass is 10.2. The predicted octanol–water partition coefficient (Wildman–Crippen LogP) is 3.37. The second-order valence-corrected chi connectivity index (χ2v) is 3.99. The molecular formula is C16H27ClO5. The van der Waals surface area contributed by atoms with Crippen LogP contribution in [0.3, 0.4) is 0 Å². The monoisotopic (exact) mass is 334 g/mol. The van der Waals surface area contributed by atoms with Gasteiger partial charge in [-0.05, 0) is 12.0 Å². The van der Waals surface area contributed by atoms with E-state index < -0.39 is 5.97 Å². The van der Waals surface area contributed by atoms with Gasteiger partial charge >= 0.3 is 11.9 Å². The van der Waals surface area contributed by atoms with E-state index in [1.165, 1.54) is 24.5 Å². The van der Waals surface area contributed by atoms with Crippen LogP contribution in [-0.2, 0) is 19.1 Å². The smallest absolute Gasteiger partial charge is 0.330 e. The van der Waals surface area contributed by atoms with E-state index in [2.05, 4.69) is 31.4 Å². The van der Waals surface area contributed by atoms with Gasteiger partial charge in [-0.2, -0.15) is 0 Å². The molecule has 0 aliphatic rings. The van der Waals surface area contributed by atoms with Gasteiger partial charge in [0.1, 0.15) is 6.61 Å². The topological polar surface area (TPSA) is 72.8 Å². The molecule has 0 atom stereocenters.